The summed E-state index contributed by atoms with van der Waals surface area (Å²) in [6.07, 6.45) is 6.10. The lowest BCUT2D eigenvalue weighted by Gasteiger charge is -2.30. The number of hydrogen-bond donors (Lipinski definition) is 1. The summed E-state index contributed by atoms with van der Waals surface area (Å²) in [6, 6.07) is 15.7. The van der Waals surface area contributed by atoms with Crippen molar-refractivity contribution >= 4 is 0 Å². The van der Waals surface area contributed by atoms with Crippen LogP contribution in [0.3, 0.4) is 0 Å². The van der Waals surface area contributed by atoms with Gasteiger partial charge in [0.05, 0.1) is 0 Å². The van der Waals surface area contributed by atoms with E-state index < -0.39 is 0 Å². The van der Waals surface area contributed by atoms with Crippen LogP contribution < -0.4 is 5.32 Å². The van der Waals surface area contributed by atoms with Crippen molar-refractivity contribution in [3.63, 3.8) is 0 Å². The molecule has 2 atom stereocenters. The molecule has 1 aromatic carbocycles. The topological polar surface area (TPSA) is 24.9 Å². The third kappa shape index (κ3) is 4.15. The SMILES string of the molecule is CCC(CC)C(NC(C)c1ccncc1)c1ccccc1. The van der Waals surface area contributed by atoms with Crippen LogP contribution in [0, 0.1) is 5.92 Å². The Morgan fingerprint density at radius 1 is 0.905 bits per heavy atom. The summed E-state index contributed by atoms with van der Waals surface area (Å²) in [7, 11) is 0. The average molecular weight is 282 g/mol. The molecule has 1 N–H and O–H groups in total. The molecule has 1 heterocycles. The number of rotatable bonds is 7. The smallest absolute Gasteiger partial charge is 0.0353 e. The lowest BCUT2D eigenvalue weighted by atomic mass is 9.88. The van der Waals surface area contributed by atoms with E-state index in [2.05, 4.69) is 73.5 Å². The highest BCUT2D eigenvalue weighted by molar-refractivity contribution is 5.21. The Hall–Kier alpha value is -1.67. The van der Waals surface area contributed by atoms with Gasteiger partial charge in [0.25, 0.3) is 0 Å². The van der Waals surface area contributed by atoms with Crippen LogP contribution in [0.25, 0.3) is 0 Å². The van der Waals surface area contributed by atoms with Crippen LogP contribution in [0.2, 0.25) is 0 Å². The van der Waals surface area contributed by atoms with E-state index in [4.69, 9.17) is 0 Å². The molecule has 2 nitrogen and oxygen atoms in total. The standard InChI is InChI=1S/C19H26N2/c1-4-16(5-2)19(18-9-7-6-8-10-18)21-15(3)17-11-13-20-14-12-17/h6-16,19,21H,4-5H2,1-3H3. The highest BCUT2D eigenvalue weighted by atomic mass is 15.0. The van der Waals surface area contributed by atoms with Gasteiger partial charge in [0.1, 0.15) is 0 Å². The fraction of sp³-hybridized carbons (Fsp3) is 0.421. The molecule has 112 valence electrons. The van der Waals surface area contributed by atoms with Crippen LogP contribution in [0.4, 0.5) is 0 Å². The molecular formula is C19H26N2. The van der Waals surface area contributed by atoms with Crippen LogP contribution in [-0.2, 0) is 0 Å². The van der Waals surface area contributed by atoms with Crippen molar-refractivity contribution in [2.75, 3.05) is 0 Å². The molecule has 2 heteroatoms. The lowest BCUT2D eigenvalue weighted by Crippen LogP contribution is -2.30. The molecule has 0 aliphatic carbocycles. The molecule has 21 heavy (non-hydrogen) atoms. The number of hydrogen-bond acceptors (Lipinski definition) is 2. The first-order valence-electron chi connectivity index (χ1n) is 7.97. The van der Waals surface area contributed by atoms with Crippen molar-refractivity contribution in [2.24, 2.45) is 5.92 Å². The first-order chi connectivity index (χ1) is 10.3. The van der Waals surface area contributed by atoms with E-state index >= 15 is 0 Å². The maximum atomic E-state index is 4.10. The molecule has 0 aliphatic heterocycles. The van der Waals surface area contributed by atoms with Gasteiger partial charge < -0.3 is 5.32 Å². The van der Waals surface area contributed by atoms with E-state index in [1.54, 1.807) is 0 Å². The second-order valence-corrected chi connectivity index (χ2v) is 5.63. The average Bonchev–Trinajstić information content (AvgIpc) is 2.56. The molecule has 0 amide bonds. The minimum absolute atomic E-state index is 0.318. The molecule has 0 aliphatic rings. The van der Waals surface area contributed by atoms with Gasteiger partial charge in [-0.1, -0.05) is 57.0 Å². The molecule has 2 rings (SSSR count). The normalized spacial score (nSPS) is 14.1. The highest BCUT2D eigenvalue weighted by Gasteiger charge is 2.22. The highest BCUT2D eigenvalue weighted by Crippen LogP contribution is 2.30. The minimum atomic E-state index is 0.318. The predicted octanol–water partition coefficient (Wildman–Crippen LogP) is 4.91. The summed E-state index contributed by atoms with van der Waals surface area (Å²) in [6.45, 7) is 6.79. The third-order valence-electron chi connectivity index (χ3n) is 4.31. The van der Waals surface area contributed by atoms with Gasteiger partial charge in [-0.15, -0.1) is 0 Å². The molecule has 2 unspecified atom stereocenters. The van der Waals surface area contributed by atoms with Gasteiger partial charge in [0.15, 0.2) is 0 Å². The van der Waals surface area contributed by atoms with Crippen LogP contribution >= 0.6 is 0 Å². The second kappa shape index (κ2) is 7.94. The summed E-state index contributed by atoms with van der Waals surface area (Å²) < 4.78 is 0. The van der Waals surface area contributed by atoms with E-state index in [1.807, 2.05) is 12.4 Å². The van der Waals surface area contributed by atoms with E-state index in [1.165, 1.54) is 24.0 Å². The first-order valence-corrected chi connectivity index (χ1v) is 7.97. The van der Waals surface area contributed by atoms with Gasteiger partial charge in [-0.2, -0.15) is 0 Å². The van der Waals surface area contributed by atoms with Crippen molar-refractivity contribution < 1.29 is 0 Å². The van der Waals surface area contributed by atoms with E-state index in [0.29, 0.717) is 18.0 Å². The Bertz CT molecular complexity index is 506. The van der Waals surface area contributed by atoms with Gasteiger partial charge in [-0.25, -0.2) is 0 Å². The first kappa shape index (κ1) is 15.7. The molecule has 2 aromatic rings. The van der Waals surface area contributed by atoms with Gasteiger partial charge >= 0.3 is 0 Å². The molecule has 0 bridgehead atoms. The Morgan fingerprint density at radius 3 is 2.10 bits per heavy atom. The van der Waals surface area contributed by atoms with Crippen LogP contribution in [0.5, 0.6) is 0 Å². The number of pyridine rings is 1. The third-order valence-corrected chi connectivity index (χ3v) is 4.31. The molecule has 0 radical (unpaired) electrons. The van der Waals surface area contributed by atoms with Gasteiger partial charge in [-0.3, -0.25) is 4.98 Å². The van der Waals surface area contributed by atoms with Gasteiger partial charge in [0, 0.05) is 24.5 Å². The zero-order valence-electron chi connectivity index (χ0n) is 13.3. The summed E-state index contributed by atoms with van der Waals surface area (Å²) in [5, 5.41) is 3.82. The van der Waals surface area contributed by atoms with E-state index in [-0.39, 0.29) is 0 Å². The van der Waals surface area contributed by atoms with Crippen LogP contribution in [0.1, 0.15) is 56.8 Å². The summed E-state index contributed by atoms with van der Waals surface area (Å²) in [5.41, 5.74) is 2.67. The van der Waals surface area contributed by atoms with E-state index in [0.717, 1.165) is 0 Å². The van der Waals surface area contributed by atoms with Crippen molar-refractivity contribution in [2.45, 2.75) is 45.7 Å². The predicted molar refractivity (Wildman–Crippen MR) is 89.0 cm³/mol. The maximum Gasteiger partial charge on any atom is 0.0353 e. The lowest BCUT2D eigenvalue weighted by molar-refractivity contribution is 0.316. The van der Waals surface area contributed by atoms with Gasteiger partial charge in [-0.05, 0) is 36.1 Å². The maximum absolute atomic E-state index is 4.10. The van der Waals surface area contributed by atoms with Crippen molar-refractivity contribution in [1.82, 2.24) is 10.3 Å². The van der Waals surface area contributed by atoms with Crippen molar-refractivity contribution in [3.8, 4) is 0 Å². The minimum Gasteiger partial charge on any atom is -0.303 e. The molecular weight excluding hydrogens is 256 g/mol. The molecule has 0 saturated carbocycles. The Labute approximate surface area is 128 Å². The number of benzene rings is 1. The molecule has 0 spiro atoms. The monoisotopic (exact) mass is 282 g/mol. The van der Waals surface area contributed by atoms with Gasteiger partial charge in [0.2, 0.25) is 0 Å². The second-order valence-electron chi connectivity index (χ2n) is 5.63. The molecule has 1 aromatic heterocycles. The number of aromatic nitrogens is 1. The van der Waals surface area contributed by atoms with E-state index in [9.17, 15) is 0 Å². The summed E-state index contributed by atoms with van der Waals surface area (Å²) >= 11 is 0. The number of nitrogens with zero attached hydrogens (tertiary/aromatic N) is 1. The van der Waals surface area contributed by atoms with Crippen LogP contribution in [0.15, 0.2) is 54.9 Å². The number of nitrogens with one attached hydrogen (secondary N) is 1. The zero-order chi connectivity index (χ0) is 15.1. The Kier molecular flexibility index (Phi) is 5.94. The Morgan fingerprint density at radius 2 is 1.52 bits per heavy atom. The van der Waals surface area contributed by atoms with Crippen LogP contribution in [-0.4, -0.2) is 4.98 Å². The largest absolute Gasteiger partial charge is 0.303 e. The van der Waals surface area contributed by atoms with Crippen molar-refractivity contribution in [1.29, 1.82) is 0 Å². The molecule has 0 saturated heterocycles. The quantitative estimate of drug-likeness (QED) is 0.780. The Balaban J connectivity index is 2.20. The molecule has 0 fully saturated rings. The van der Waals surface area contributed by atoms with Crippen molar-refractivity contribution in [3.05, 3.63) is 66.0 Å². The summed E-state index contributed by atoms with van der Waals surface area (Å²) in [4.78, 5) is 4.10. The summed E-state index contributed by atoms with van der Waals surface area (Å²) in [5.74, 6) is 0.650. The zero-order valence-corrected chi connectivity index (χ0v) is 13.3. The fourth-order valence-corrected chi connectivity index (χ4v) is 2.94. The fourth-order valence-electron chi connectivity index (χ4n) is 2.94.